The topological polar surface area (TPSA) is 33.3 Å². The maximum atomic E-state index is 6.46. The molecule has 1 aliphatic heterocycles. The van der Waals surface area contributed by atoms with Gasteiger partial charge in [0.05, 0.1) is 0 Å². The molecule has 2 unspecified atom stereocenters. The highest BCUT2D eigenvalue weighted by Gasteiger charge is 2.30. The van der Waals surface area contributed by atoms with E-state index in [1.165, 1.54) is 43.8 Å². The lowest BCUT2D eigenvalue weighted by molar-refractivity contribution is 0.0337. The zero-order valence-corrected chi connectivity index (χ0v) is 18.3. The smallest absolute Gasteiger partial charge is 0.149 e. The summed E-state index contributed by atoms with van der Waals surface area (Å²) in [5.41, 5.74) is 13.5. The van der Waals surface area contributed by atoms with Crippen molar-refractivity contribution in [1.82, 2.24) is 10.9 Å². The highest BCUT2D eigenvalue weighted by atomic mass is 16.5. The number of nitrogens with one attached hydrogen (secondary N) is 2. The zero-order chi connectivity index (χ0) is 21.2. The molecular weight excluding hydrogens is 380 g/mol. The summed E-state index contributed by atoms with van der Waals surface area (Å²) in [5, 5.41) is 5.47. The molecule has 156 valence electrons. The zero-order valence-electron chi connectivity index (χ0n) is 18.3. The quantitative estimate of drug-likeness (QED) is 0.387. The lowest BCUT2D eigenvalue weighted by Crippen LogP contribution is -2.27. The van der Waals surface area contributed by atoms with E-state index < -0.39 is 0 Å². The molecule has 2 aliphatic rings. The van der Waals surface area contributed by atoms with Crippen molar-refractivity contribution in [3.63, 3.8) is 0 Å². The number of ether oxygens (including phenoxy) is 1. The van der Waals surface area contributed by atoms with Crippen molar-refractivity contribution in [2.24, 2.45) is 0 Å². The van der Waals surface area contributed by atoms with E-state index in [2.05, 4.69) is 98.4 Å². The first-order valence-electron chi connectivity index (χ1n) is 11.2. The predicted molar refractivity (Wildman–Crippen MR) is 127 cm³/mol. The largest absolute Gasteiger partial charge is 0.334 e. The van der Waals surface area contributed by atoms with Crippen LogP contribution in [0.3, 0.4) is 0 Å². The Labute approximate surface area is 183 Å². The van der Waals surface area contributed by atoms with E-state index in [0.29, 0.717) is 0 Å². The van der Waals surface area contributed by atoms with Crippen molar-refractivity contribution in [3.05, 3.63) is 94.5 Å². The lowest BCUT2D eigenvalue weighted by Gasteiger charge is -2.23. The van der Waals surface area contributed by atoms with Crippen LogP contribution in [0.1, 0.15) is 61.0 Å². The Morgan fingerprint density at radius 1 is 0.742 bits per heavy atom. The van der Waals surface area contributed by atoms with Crippen LogP contribution in [0.15, 0.2) is 66.7 Å². The molecule has 1 saturated heterocycles. The first kappa shape index (κ1) is 19.0. The molecule has 1 fully saturated rings. The van der Waals surface area contributed by atoms with Gasteiger partial charge in [-0.1, -0.05) is 87.5 Å². The molecule has 4 aromatic carbocycles. The third kappa shape index (κ3) is 3.08. The van der Waals surface area contributed by atoms with Crippen molar-refractivity contribution < 1.29 is 4.74 Å². The molecule has 0 amide bonds. The number of hydrazine groups is 1. The van der Waals surface area contributed by atoms with Crippen LogP contribution in [0, 0.1) is 0 Å². The minimum Gasteiger partial charge on any atom is -0.334 e. The summed E-state index contributed by atoms with van der Waals surface area (Å²) in [6.45, 7) is 6.72. The van der Waals surface area contributed by atoms with Gasteiger partial charge < -0.3 is 4.74 Å². The Morgan fingerprint density at radius 3 is 2.23 bits per heavy atom. The van der Waals surface area contributed by atoms with E-state index in [1.807, 2.05) is 0 Å². The van der Waals surface area contributed by atoms with Gasteiger partial charge in [0.2, 0.25) is 0 Å². The van der Waals surface area contributed by atoms with Crippen molar-refractivity contribution in [2.75, 3.05) is 0 Å². The molecule has 1 aliphatic carbocycles. The lowest BCUT2D eigenvalue weighted by atomic mass is 9.83. The molecule has 2 N–H and O–H groups in total. The molecule has 0 saturated carbocycles. The second-order valence-electron chi connectivity index (χ2n) is 9.87. The molecule has 4 aromatic rings. The molecule has 31 heavy (non-hydrogen) atoms. The number of rotatable bonds is 2. The highest BCUT2D eigenvalue weighted by Crippen LogP contribution is 2.40. The number of hydrogen-bond donors (Lipinski definition) is 2. The minimum absolute atomic E-state index is 0.151. The average molecular weight is 409 g/mol. The summed E-state index contributed by atoms with van der Waals surface area (Å²) in [5.74, 6) is 0. The van der Waals surface area contributed by atoms with Crippen molar-refractivity contribution in [1.29, 1.82) is 0 Å². The van der Waals surface area contributed by atoms with Crippen LogP contribution in [0.25, 0.3) is 21.5 Å². The molecular formula is C28H28N2O. The van der Waals surface area contributed by atoms with Gasteiger partial charge in [0.15, 0.2) is 0 Å². The monoisotopic (exact) mass is 408 g/mol. The molecule has 3 nitrogen and oxygen atoms in total. The highest BCUT2D eigenvalue weighted by molar-refractivity contribution is 6.12. The van der Waals surface area contributed by atoms with Crippen LogP contribution in [-0.2, 0) is 23.0 Å². The summed E-state index contributed by atoms with van der Waals surface area (Å²) in [7, 11) is 0. The SMILES string of the molecule is CC(C)(C)c1ccc(C2NNC(c3ccc4ccc5cccc6c5c4c3CC6)O2)cc1. The Hall–Kier alpha value is -2.72. The fourth-order valence-corrected chi connectivity index (χ4v) is 5.17. The number of benzene rings is 4. The van der Waals surface area contributed by atoms with E-state index in [9.17, 15) is 0 Å². The van der Waals surface area contributed by atoms with E-state index in [0.717, 1.165) is 18.4 Å². The number of aryl methyl sites for hydroxylation is 2. The second-order valence-corrected chi connectivity index (χ2v) is 9.87. The van der Waals surface area contributed by atoms with Gasteiger partial charge in [-0.05, 0) is 62.1 Å². The van der Waals surface area contributed by atoms with Gasteiger partial charge in [0.25, 0.3) is 0 Å². The average Bonchev–Trinajstić information content (AvgIpc) is 3.27. The Balaban J connectivity index is 1.36. The Kier molecular flexibility index (Phi) is 4.23. The summed E-state index contributed by atoms with van der Waals surface area (Å²) in [6, 6.07) is 24.4. The fourth-order valence-electron chi connectivity index (χ4n) is 5.17. The third-order valence-corrected chi connectivity index (χ3v) is 6.88. The molecule has 0 bridgehead atoms. The summed E-state index contributed by atoms with van der Waals surface area (Å²) >= 11 is 0. The molecule has 3 heteroatoms. The van der Waals surface area contributed by atoms with Gasteiger partial charge in [0.1, 0.15) is 12.5 Å². The Morgan fingerprint density at radius 2 is 1.45 bits per heavy atom. The first-order chi connectivity index (χ1) is 15.0. The maximum absolute atomic E-state index is 6.46. The fraction of sp³-hybridized carbons (Fsp3) is 0.286. The molecule has 0 radical (unpaired) electrons. The van der Waals surface area contributed by atoms with E-state index >= 15 is 0 Å². The minimum atomic E-state index is -0.160. The van der Waals surface area contributed by atoms with Crippen LogP contribution in [0.4, 0.5) is 0 Å². The predicted octanol–water partition coefficient (Wildman–Crippen LogP) is 6.21. The third-order valence-electron chi connectivity index (χ3n) is 6.88. The summed E-state index contributed by atoms with van der Waals surface area (Å²) < 4.78 is 6.46. The molecule has 2 atom stereocenters. The van der Waals surface area contributed by atoms with Crippen LogP contribution >= 0.6 is 0 Å². The van der Waals surface area contributed by atoms with Crippen LogP contribution in [-0.4, -0.2) is 0 Å². The molecule has 0 spiro atoms. The summed E-state index contributed by atoms with van der Waals surface area (Å²) in [6.07, 6.45) is 1.81. The van der Waals surface area contributed by atoms with Crippen LogP contribution < -0.4 is 10.9 Å². The van der Waals surface area contributed by atoms with Gasteiger partial charge in [-0.15, -0.1) is 0 Å². The molecule has 1 heterocycles. The maximum Gasteiger partial charge on any atom is 0.149 e. The van der Waals surface area contributed by atoms with Gasteiger partial charge in [0, 0.05) is 5.56 Å². The second kappa shape index (κ2) is 6.89. The van der Waals surface area contributed by atoms with E-state index in [4.69, 9.17) is 4.74 Å². The van der Waals surface area contributed by atoms with E-state index in [-0.39, 0.29) is 17.9 Å². The molecule has 6 rings (SSSR count). The van der Waals surface area contributed by atoms with Crippen molar-refractivity contribution in [2.45, 2.75) is 51.5 Å². The Bertz CT molecular complexity index is 1300. The van der Waals surface area contributed by atoms with E-state index in [1.54, 1.807) is 0 Å². The van der Waals surface area contributed by atoms with Crippen LogP contribution in [0.2, 0.25) is 0 Å². The van der Waals surface area contributed by atoms with Gasteiger partial charge in [-0.3, -0.25) is 0 Å². The van der Waals surface area contributed by atoms with Crippen molar-refractivity contribution in [3.8, 4) is 0 Å². The first-order valence-corrected chi connectivity index (χ1v) is 11.2. The summed E-state index contributed by atoms with van der Waals surface area (Å²) in [4.78, 5) is 0. The molecule has 0 aromatic heterocycles. The number of hydrogen-bond acceptors (Lipinski definition) is 3. The van der Waals surface area contributed by atoms with Gasteiger partial charge in [-0.2, -0.15) is 0 Å². The standard InChI is InChI=1S/C28H28N2O/c1-28(2,3)21-13-9-20(10-14-21)26-29-30-27(31-26)23-16-12-19-8-7-17-5-4-6-18-11-15-22(23)25(19)24(17)18/h4-10,12-14,16,26-27,29-30H,11,15H2,1-3H3. The van der Waals surface area contributed by atoms with Crippen molar-refractivity contribution >= 4 is 21.5 Å². The van der Waals surface area contributed by atoms with Gasteiger partial charge >= 0.3 is 0 Å². The van der Waals surface area contributed by atoms with Crippen LogP contribution in [0.5, 0.6) is 0 Å². The van der Waals surface area contributed by atoms with Gasteiger partial charge in [-0.25, -0.2) is 10.9 Å². The normalized spacial score (nSPS) is 20.7.